The van der Waals surface area contributed by atoms with Crippen molar-refractivity contribution in [3.8, 4) is 0 Å². The van der Waals surface area contributed by atoms with Gasteiger partial charge < -0.3 is 20.7 Å². The highest BCUT2D eigenvalue weighted by molar-refractivity contribution is 6.30. The maximum Gasteiger partial charge on any atom is 0.332 e. The van der Waals surface area contributed by atoms with Crippen molar-refractivity contribution in [2.75, 3.05) is 43.4 Å². The maximum absolute atomic E-state index is 14.0. The number of anilines is 2. The number of aryl methyl sites for hydroxylation is 2. The van der Waals surface area contributed by atoms with Gasteiger partial charge in [-0.3, -0.25) is 14.5 Å². The van der Waals surface area contributed by atoms with E-state index in [0.29, 0.717) is 60.0 Å². The third-order valence-corrected chi connectivity index (χ3v) is 7.94. The van der Waals surface area contributed by atoms with Gasteiger partial charge in [-0.1, -0.05) is 29.8 Å². The van der Waals surface area contributed by atoms with Crippen molar-refractivity contribution < 1.29 is 19.1 Å². The topological polar surface area (TPSA) is 99.8 Å². The molecule has 43 heavy (non-hydrogen) atoms. The van der Waals surface area contributed by atoms with E-state index in [1.165, 1.54) is 0 Å². The number of amides is 1. The van der Waals surface area contributed by atoms with E-state index in [-0.39, 0.29) is 36.5 Å². The molecule has 0 spiro atoms. The number of piperazine rings is 1. The van der Waals surface area contributed by atoms with Crippen LogP contribution in [0.2, 0.25) is 5.02 Å². The first-order valence-electron chi connectivity index (χ1n) is 14.0. The minimum absolute atomic E-state index is 0. The number of Topliss-reactive ketones (excluding diaryl/α,β-unsaturated/α-hetero) is 1. The molecule has 2 heterocycles. The van der Waals surface area contributed by atoms with Crippen LogP contribution in [-0.4, -0.2) is 61.3 Å². The number of esters is 1. The lowest BCUT2D eigenvalue weighted by molar-refractivity contribution is -0.154. The molecule has 0 saturated carbocycles. The Hall–Kier alpha value is -3.14. The highest BCUT2D eigenvalue weighted by Crippen LogP contribution is 2.35. The Balaban J connectivity index is 0.00000253. The molecule has 3 aromatic carbocycles. The number of ether oxygens (including phenoxy) is 1. The number of benzene rings is 3. The standard InChI is InChI=1S/C32H35ClN4O4.2ClH/c1-20-6-3-4-7-25(20)31(39)36-23-10-11-24(21(2)18-23)30(38)29(37-16-14-34-15-17-37)32(40)41-28-8-5-13-35-27-12-9-22(33)19-26(27)28;;/h3-4,6-7,9-12,18-19,28-29,34-35H,5,8,13-17H2,1-2H3,(H,36,39);2*1H. The first-order valence-corrected chi connectivity index (χ1v) is 14.4. The Bertz CT molecular complexity index is 1460. The molecule has 0 aliphatic carbocycles. The molecule has 3 N–H and O–H groups in total. The van der Waals surface area contributed by atoms with Crippen LogP contribution in [0.3, 0.4) is 0 Å². The average Bonchev–Trinajstić information content (AvgIpc) is 3.15. The van der Waals surface area contributed by atoms with Crippen LogP contribution in [-0.2, 0) is 9.53 Å². The van der Waals surface area contributed by atoms with Gasteiger partial charge in [-0.2, -0.15) is 0 Å². The SMILES string of the molecule is Cc1ccccc1C(=O)Nc1ccc(C(=O)C(C(=O)OC2CCCNc3ccc(Cl)cc32)N2CCNCC2)c(C)c1.Cl.Cl. The Morgan fingerprint density at radius 3 is 2.40 bits per heavy atom. The predicted molar refractivity (Wildman–Crippen MR) is 175 cm³/mol. The lowest BCUT2D eigenvalue weighted by atomic mass is 9.97. The fourth-order valence-corrected chi connectivity index (χ4v) is 5.69. The second kappa shape index (κ2) is 15.5. The molecule has 3 aromatic rings. The van der Waals surface area contributed by atoms with Gasteiger partial charge in [-0.25, -0.2) is 4.79 Å². The smallest absolute Gasteiger partial charge is 0.332 e. The number of nitrogens with one attached hydrogen (secondary N) is 3. The monoisotopic (exact) mass is 646 g/mol. The number of carbonyl (C=O) groups is 3. The van der Waals surface area contributed by atoms with Gasteiger partial charge in [0, 0.05) is 65.8 Å². The van der Waals surface area contributed by atoms with Gasteiger partial charge >= 0.3 is 5.97 Å². The number of ketones is 1. The van der Waals surface area contributed by atoms with Crippen LogP contribution < -0.4 is 16.0 Å². The van der Waals surface area contributed by atoms with E-state index in [1.807, 2.05) is 49.1 Å². The van der Waals surface area contributed by atoms with Crippen LogP contribution in [0, 0.1) is 13.8 Å². The van der Waals surface area contributed by atoms with Crippen molar-refractivity contribution in [2.24, 2.45) is 0 Å². The van der Waals surface area contributed by atoms with E-state index < -0.39 is 18.1 Å². The summed E-state index contributed by atoms with van der Waals surface area (Å²) in [6.45, 7) is 6.89. The predicted octanol–water partition coefficient (Wildman–Crippen LogP) is 6.00. The van der Waals surface area contributed by atoms with Crippen molar-refractivity contribution in [3.63, 3.8) is 0 Å². The fourth-order valence-electron chi connectivity index (χ4n) is 5.51. The van der Waals surface area contributed by atoms with Crippen molar-refractivity contribution in [3.05, 3.63) is 93.5 Å². The largest absolute Gasteiger partial charge is 0.456 e. The lowest BCUT2D eigenvalue weighted by Crippen LogP contribution is -2.55. The maximum atomic E-state index is 14.0. The molecule has 0 radical (unpaired) electrons. The third-order valence-electron chi connectivity index (χ3n) is 7.71. The van der Waals surface area contributed by atoms with Crippen LogP contribution in [0.25, 0.3) is 0 Å². The van der Waals surface area contributed by atoms with E-state index in [2.05, 4.69) is 16.0 Å². The molecular weight excluding hydrogens is 611 g/mol. The summed E-state index contributed by atoms with van der Waals surface area (Å²) < 4.78 is 6.11. The van der Waals surface area contributed by atoms with E-state index in [1.54, 1.807) is 30.3 Å². The summed E-state index contributed by atoms with van der Waals surface area (Å²) in [5.41, 5.74) is 4.83. The normalized spacial score (nSPS) is 17.0. The van der Waals surface area contributed by atoms with Gasteiger partial charge in [0.15, 0.2) is 11.8 Å². The number of carbonyl (C=O) groups excluding carboxylic acids is 3. The first-order chi connectivity index (χ1) is 19.8. The molecule has 11 heteroatoms. The Morgan fingerprint density at radius 2 is 1.67 bits per heavy atom. The van der Waals surface area contributed by atoms with E-state index in [9.17, 15) is 14.4 Å². The average molecular weight is 648 g/mol. The fraction of sp³-hybridized carbons (Fsp3) is 0.344. The summed E-state index contributed by atoms with van der Waals surface area (Å²) in [5, 5.41) is 10.1. The van der Waals surface area contributed by atoms with Crippen LogP contribution in [0.1, 0.15) is 56.4 Å². The van der Waals surface area contributed by atoms with Crippen molar-refractivity contribution >= 4 is 65.4 Å². The van der Waals surface area contributed by atoms with Crippen LogP contribution in [0.4, 0.5) is 11.4 Å². The molecule has 230 valence electrons. The molecule has 0 aromatic heterocycles. The molecule has 1 fully saturated rings. The quantitative estimate of drug-likeness (QED) is 0.164. The summed E-state index contributed by atoms with van der Waals surface area (Å²) in [6.07, 6.45) is 0.929. The van der Waals surface area contributed by atoms with Gasteiger partial charge in [-0.15, -0.1) is 24.8 Å². The highest BCUT2D eigenvalue weighted by atomic mass is 35.5. The summed E-state index contributed by atoms with van der Waals surface area (Å²) in [6, 6.07) is 17.0. The molecule has 8 nitrogen and oxygen atoms in total. The van der Waals surface area contributed by atoms with Gasteiger partial charge in [0.05, 0.1) is 0 Å². The van der Waals surface area contributed by atoms with Gasteiger partial charge in [-0.05, 0) is 80.3 Å². The van der Waals surface area contributed by atoms with Crippen molar-refractivity contribution in [1.82, 2.24) is 10.2 Å². The molecule has 1 amide bonds. The molecule has 2 aliphatic heterocycles. The Morgan fingerprint density at radius 1 is 0.930 bits per heavy atom. The zero-order valence-corrected chi connectivity index (χ0v) is 26.5. The van der Waals surface area contributed by atoms with E-state index in [0.717, 1.165) is 29.8 Å². The second-order valence-corrected chi connectivity index (χ2v) is 11.0. The summed E-state index contributed by atoms with van der Waals surface area (Å²) in [7, 11) is 0. The molecule has 1 saturated heterocycles. The van der Waals surface area contributed by atoms with E-state index >= 15 is 0 Å². The number of nitrogens with zero attached hydrogens (tertiary/aromatic N) is 1. The van der Waals surface area contributed by atoms with Gasteiger partial charge in [0.2, 0.25) is 0 Å². The third kappa shape index (κ3) is 8.08. The Labute approximate surface area is 269 Å². The molecule has 0 bridgehead atoms. The molecule has 2 atom stereocenters. The second-order valence-electron chi connectivity index (χ2n) is 10.6. The Kier molecular flexibility index (Phi) is 12.4. The van der Waals surface area contributed by atoms with E-state index in [4.69, 9.17) is 16.3 Å². The zero-order chi connectivity index (χ0) is 28.9. The summed E-state index contributed by atoms with van der Waals surface area (Å²) in [4.78, 5) is 42.6. The number of fused-ring (bicyclic) bond motifs is 1. The minimum atomic E-state index is -1.08. The lowest BCUT2D eigenvalue weighted by Gasteiger charge is -2.33. The molecular formula is C32H37Cl3N4O4. The minimum Gasteiger partial charge on any atom is -0.456 e. The highest BCUT2D eigenvalue weighted by Gasteiger charge is 2.38. The summed E-state index contributed by atoms with van der Waals surface area (Å²) >= 11 is 6.29. The summed E-state index contributed by atoms with van der Waals surface area (Å²) in [5.74, 6) is -1.10. The van der Waals surface area contributed by atoms with Gasteiger partial charge in [0.25, 0.3) is 5.91 Å². The van der Waals surface area contributed by atoms with Crippen LogP contribution in [0.15, 0.2) is 60.7 Å². The van der Waals surface area contributed by atoms with Crippen LogP contribution >= 0.6 is 36.4 Å². The number of rotatable bonds is 7. The number of halogens is 3. The molecule has 2 aliphatic rings. The molecule has 5 rings (SSSR count). The van der Waals surface area contributed by atoms with Crippen molar-refractivity contribution in [2.45, 2.75) is 38.8 Å². The zero-order valence-electron chi connectivity index (χ0n) is 24.2. The number of hydrogen-bond donors (Lipinski definition) is 3. The number of hydrogen-bond acceptors (Lipinski definition) is 7. The first kappa shape index (κ1) is 34.4. The van der Waals surface area contributed by atoms with Crippen molar-refractivity contribution in [1.29, 1.82) is 0 Å². The van der Waals surface area contributed by atoms with Gasteiger partial charge in [0.1, 0.15) is 6.10 Å². The molecule has 2 unspecified atom stereocenters. The van der Waals surface area contributed by atoms with Crippen LogP contribution in [0.5, 0.6) is 0 Å².